The van der Waals surface area contributed by atoms with Crippen LogP contribution in [-0.4, -0.2) is 25.7 Å². The first-order valence-electron chi connectivity index (χ1n) is 4.69. The van der Waals surface area contributed by atoms with Gasteiger partial charge in [0.15, 0.2) is 0 Å². The monoisotopic (exact) mass is 236 g/mol. The van der Waals surface area contributed by atoms with E-state index in [1.54, 1.807) is 0 Å². The van der Waals surface area contributed by atoms with Gasteiger partial charge >= 0.3 is 0 Å². The van der Waals surface area contributed by atoms with E-state index in [1.807, 2.05) is 0 Å². The number of amides is 1. The van der Waals surface area contributed by atoms with Crippen molar-refractivity contribution in [2.75, 3.05) is 11.1 Å². The first-order chi connectivity index (χ1) is 8.13. The maximum Gasteiger partial charge on any atom is 0.246 e. The van der Waals surface area contributed by atoms with Gasteiger partial charge in [0.2, 0.25) is 11.9 Å². The number of nitrogens with zero attached hydrogens (tertiary/aromatic N) is 4. The van der Waals surface area contributed by atoms with Gasteiger partial charge in [0.05, 0.1) is 18.1 Å². The van der Waals surface area contributed by atoms with E-state index in [4.69, 9.17) is 5.73 Å². The molecule has 0 spiro atoms. The van der Waals surface area contributed by atoms with Gasteiger partial charge in [-0.25, -0.2) is 14.1 Å². The minimum atomic E-state index is -0.521. The zero-order chi connectivity index (χ0) is 12.3. The van der Waals surface area contributed by atoms with E-state index in [0.29, 0.717) is 0 Å². The summed E-state index contributed by atoms with van der Waals surface area (Å²) in [5.41, 5.74) is 5.57. The number of rotatable bonds is 3. The molecule has 0 unspecified atom stereocenters. The molecule has 0 bridgehead atoms. The number of halogens is 1. The quantitative estimate of drug-likeness (QED) is 0.783. The average molecular weight is 236 g/mol. The highest BCUT2D eigenvalue weighted by Gasteiger charge is 2.05. The van der Waals surface area contributed by atoms with Gasteiger partial charge in [-0.2, -0.15) is 0 Å². The highest BCUT2D eigenvalue weighted by molar-refractivity contribution is 5.90. The van der Waals surface area contributed by atoms with Crippen LogP contribution in [0.15, 0.2) is 24.8 Å². The molecule has 8 heteroatoms. The molecule has 2 heterocycles. The normalized spacial score (nSPS) is 10.2. The van der Waals surface area contributed by atoms with Crippen LogP contribution in [0.5, 0.6) is 0 Å². The van der Waals surface area contributed by atoms with E-state index in [9.17, 15) is 9.18 Å². The lowest BCUT2D eigenvalue weighted by molar-refractivity contribution is -0.116. The molecule has 2 aromatic rings. The predicted molar refractivity (Wildman–Crippen MR) is 57.3 cm³/mol. The number of aromatic nitrogens is 4. The fourth-order valence-corrected chi connectivity index (χ4v) is 1.21. The van der Waals surface area contributed by atoms with Gasteiger partial charge in [-0.05, 0) is 0 Å². The third kappa shape index (κ3) is 2.97. The summed E-state index contributed by atoms with van der Waals surface area (Å²) in [7, 11) is 0. The Bertz CT molecular complexity index is 540. The van der Waals surface area contributed by atoms with Gasteiger partial charge in [-0.1, -0.05) is 0 Å². The highest BCUT2D eigenvalue weighted by Crippen LogP contribution is 2.06. The minimum Gasteiger partial charge on any atom is -0.367 e. The molecule has 2 rings (SSSR count). The van der Waals surface area contributed by atoms with Crippen molar-refractivity contribution < 1.29 is 9.18 Å². The van der Waals surface area contributed by atoms with Crippen molar-refractivity contribution in [3.63, 3.8) is 0 Å². The summed E-state index contributed by atoms with van der Waals surface area (Å²) in [6, 6.07) is 1.17. The number of hydrogen-bond acceptors (Lipinski definition) is 5. The first kappa shape index (κ1) is 11.0. The van der Waals surface area contributed by atoms with E-state index >= 15 is 0 Å². The van der Waals surface area contributed by atoms with Crippen molar-refractivity contribution in [1.29, 1.82) is 0 Å². The van der Waals surface area contributed by atoms with E-state index in [2.05, 4.69) is 20.4 Å². The van der Waals surface area contributed by atoms with Crippen LogP contribution in [0.3, 0.4) is 0 Å². The summed E-state index contributed by atoms with van der Waals surface area (Å²) in [4.78, 5) is 18.8. The summed E-state index contributed by atoms with van der Waals surface area (Å²) < 4.78 is 14.1. The molecular weight excluding hydrogens is 227 g/mol. The van der Waals surface area contributed by atoms with Crippen LogP contribution in [-0.2, 0) is 11.3 Å². The molecule has 0 fully saturated rings. The lowest BCUT2D eigenvalue weighted by Crippen LogP contribution is -2.19. The van der Waals surface area contributed by atoms with E-state index in [1.165, 1.54) is 23.3 Å². The van der Waals surface area contributed by atoms with Crippen molar-refractivity contribution in [3.05, 3.63) is 30.6 Å². The second kappa shape index (κ2) is 4.56. The van der Waals surface area contributed by atoms with E-state index in [-0.39, 0.29) is 24.1 Å². The number of carbonyl (C=O) groups excluding carboxylic acids is 1. The second-order valence-corrected chi connectivity index (χ2v) is 3.24. The number of pyridine rings is 1. The standard InChI is InChI=1S/C9H9FN6O/c10-6-1-7(3-12-2-6)14-8(17)4-16-5-13-9(11)15-16/h1-3,5H,4H2,(H2,11,15)(H,14,17). The molecular formula is C9H9FN6O. The fourth-order valence-electron chi connectivity index (χ4n) is 1.21. The largest absolute Gasteiger partial charge is 0.367 e. The average Bonchev–Trinajstić information content (AvgIpc) is 2.63. The number of nitrogen functional groups attached to an aromatic ring is 1. The predicted octanol–water partition coefficient (Wildman–Crippen LogP) is 0.0331. The topological polar surface area (TPSA) is 98.7 Å². The fraction of sp³-hybridized carbons (Fsp3) is 0.111. The molecule has 7 nitrogen and oxygen atoms in total. The molecule has 3 N–H and O–H groups in total. The van der Waals surface area contributed by atoms with Crippen molar-refractivity contribution in [1.82, 2.24) is 19.7 Å². The molecule has 0 aliphatic carbocycles. The zero-order valence-electron chi connectivity index (χ0n) is 8.67. The van der Waals surface area contributed by atoms with Gasteiger partial charge < -0.3 is 11.1 Å². The van der Waals surface area contributed by atoms with Crippen molar-refractivity contribution >= 4 is 17.5 Å². The third-order valence-corrected chi connectivity index (χ3v) is 1.85. The highest BCUT2D eigenvalue weighted by atomic mass is 19.1. The van der Waals surface area contributed by atoms with E-state index in [0.717, 1.165) is 6.20 Å². The van der Waals surface area contributed by atoms with Crippen LogP contribution >= 0.6 is 0 Å². The number of hydrogen-bond donors (Lipinski definition) is 2. The molecule has 0 atom stereocenters. The Morgan fingerprint density at radius 1 is 1.53 bits per heavy atom. The number of nitrogens with two attached hydrogens (primary N) is 1. The number of nitrogens with one attached hydrogen (secondary N) is 1. The molecule has 0 saturated heterocycles. The van der Waals surface area contributed by atoms with Crippen molar-refractivity contribution in [2.45, 2.75) is 6.54 Å². The van der Waals surface area contributed by atoms with Gasteiger partial charge in [-0.3, -0.25) is 9.78 Å². The van der Waals surface area contributed by atoms with E-state index < -0.39 is 5.82 Å². The third-order valence-electron chi connectivity index (χ3n) is 1.85. The molecule has 2 aromatic heterocycles. The zero-order valence-corrected chi connectivity index (χ0v) is 8.67. The molecule has 0 aliphatic rings. The molecule has 88 valence electrons. The minimum absolute atomic E-state index is 0.0548. The summed E-state index contributed by atoms with van der Waals surface area (Å²) in [6.45, 7) is -0.0548. The second-order valence-electron chi connectivity index (χ2n) is 3.24. The summed E-state index contributed by atoms with van der Waals surface area (Å²) >= 11 is 0. The molecule has 0 aromatic carbocycles. The van der Waals surface area contributed by atoms with Gasteiger partial charge in [-0.15, -0.1) is 5.10 Å². The Morgan fingerprint density at radius 2 is 2.35 bits per heavy atom. The smallest absolute Gasteiger partial charge is 0.246 e. The van der Waals surface area contributed by atoms with Crippen molar-refractivity contribution in [3.8, 4) is 0 Å². The molecule has 1 amide bonds. The Kier molecular flexibility index (Phi) is 2.95. The Balaban J connectivity index is 1.98. The van der Waals surface area contributed by atoms with Crippen LogP contribution in [0, 0.1) is 5.82 Å². The van der Waals surface area contributed by atoms with Crippen LogP contribution in [0.2, 0.25) is 0 Å². The maximum atomic E-state index is 12.8. The van der Waals surface area contributed by atoms with Gasteiger partial charge in [0, 0.05) is 6.07 Å². The summed E-state index contributed by atoms with van der Waals surface area (Å²) in [5.74, 6) is -0.805. The lowest BCUT2D eigenvalue weighted by atomic mass is 10.4. The molecule has 0 aliphatic heterocycles. The van der Waals surface area contributed by atoms with Crippen LogP contribution in [0.25, 0.3) is 0 Å². The van der Waals surface area contributed by atoms with Crippen LogP contribution < -0.4 is 11.1 Å². The molecule has 17 heavy (non-hydrogen) atoms. The van der Waals surface area contributed by atoms with Gasteiger partial charge in [0.25, 0.3) is 0 Å². The van der Waals surface area contributed by atoms with Gasteiger partial charge in [0.1, 0.15) is 18.7 Å². The Hall–Kier alpha value is -2.51. The maximum absolute atomic E-state index is 12.8. The lowest BCUT2D eigenvalue weighted by Gasteiger charge is -2.04. The Morgan fingerprint density at radius 3 is 3.00 bits per heavy atom. The first-order valence-corrected chi connectivity index (χ1v) is 4.69. The SMILES string of the molecule is Nc1ncn(CC(=O)Nc2cncc(F)c2)n1. The summed E-state index contributed by atoms with van der Waals surface area (Å²) in [5, 5.41) is 6.21. The number of carbonyl (C=O) groups is 1. The van der Waals surface area contributed by atoms with Crippen LogP contribution in [0.1, 0.15) is 0 Å². The Labute approximate surface area is 95.5 Å². The molecule has 0 radical (unpaired) electrons. The molecule has 0 saturated carbocycles. The van der Waals surface area contributed by atoms with Crippen molar-refractivity contribution in [2.24, 2.45) is 0 Å². The number of anilines is 2. The summed E-state index contributed by atoms with van der Waals surface area (Å²) in [6.07, 6.45) is 3.73. The van der Waals surface area contributed by atoms with Crippen LogP contribution in [0.4, 0.5) is 16.0 Å².